The fraction of sp³-hybridized carbons (Fsp3) is 0.364. The second-order valence-electron chi connectivity index (χ2n) is 6.53. The van der Waals surface area contributed by atoms with Gasteiger partial charge in [0, 0.05) is 11.6 Å². The first-order valence-corrected chi connectivity index (χ1v) is 10.9. The molecule has 8 heteroatoms. The molecule has 0 aliphatic heterocycles. The zero-order valence-corrected chi connectivity index (χ0v) is 19.8. The van der Waals surface area contributed by atoms with Crippen LogP contribution in [0.15, 0.2) is 40.9 Å². The summed E-state index contributed by atoms with van der Waals surface area (Å²) in [6, 6.07) is 10.5. The minimum absolute atomic E-state index is 0.152. The number of methoxy groups -OCH3 is 2. The standard InChI is InChI=1S/C22H27BrN2O4S/c1-4-5-6-7-12-29-19-10-8-15(13-17(19)23)21(26)25-22(30)24-18-14-16(27-2)9-11-20(18)28-3/h8-11,13-14H,4-7,12H2,1-3H3,(H2,24,25,26,30). The highest BCUT2D eigenvalue weighted by Gasteiger charge is 2.13. The number of hydrogen-bond donors (Lipinski definition) is 2. The van der Waals surface area contributed by atoms with Crippen molar-refractivity contribution in [1.82, 2.24) is 5.32 Å². The van der Waals surface area contributed by atoms with Crippen molar-refractivity contribution in [2.75, 3.05) is 26.1 Å². The van der Waals surface area contributed by atoms with E-state index in [2.05, 4.69) is 33.5 Å². The van der Waals surface area contributed by atoms with Gasteiger partial charge in [0.2, 0.25) is 0 Å². The molecule has 2 N–H and O–H groups in total. The van der Waals surface area contributed by atoms with Gasteiger partial charge >= 0.3 is 0 Å². The van der Waals surface area contributed by atoms with E-state index in [1.165, 1.54) is 12.8 Å². The molecule has 0 spiro atoms. The maximum atomic E-state index is 12.6. The van der Waals surface area contributed by atoms with E-state index in [0.717, 1.165) is 17.3 Å². The van der Waals surface area contributed by atoms with Crippen LogP contribution in [-0.4, -0.2) is 31.8 Å². The molecule has 0 aromatic heterocycles. The summed E-state index contributed by atoms with van der Waals surface area (Å²) in [4.78, 5) is 12.6. The molecule has 30 heavy (non-hydrogen) atoms. The fourth-order valence-corrected chi connectivity index (χ4v) is 3.41. The van der Waals surface area contributed by atoms with E-state index in [9.17, 15) is 4.79 Å². The Kier molecular flexibility index (Phi) is 9.89. The van der Waals surface area contributed by atoms with Crippen LogP contribution in [0.1, 0.15) is 43.0 Å². The minimum atomic E-state index is -0.329. The summed E-state index contributed by atoms with van der Waals surface area (Å²) in [6.45, 7) is 2.83. The van der Waals surface area contributed by atoms with Crippen LogP contribution >= 0.6 is 28.1 Å². The van der Waals surface area contributed by atoms with Gasteiger partial charge in [-0.3, -0.25) is 10.1 Å². The second-order valence-corrected chi connectivity index (χ2v) is 7.79. The summed E-state index contributed by atoms with van der Waals surface area (Å²) < 4.78 is 17.0. The molecule has 0 atom stereocenters. The lowest BCUT2D eigenvalue weighted by molar-refractivity contribution is 0.0977. The molecule has 0 fully saturated rings. The van der Waals surface area contributed by atoms with Gasteiger partial charge in [-0.05, 0) is 64.9 Å². The lowest BCUT2D eigenvalue weighted by Crippen LogP contribution is -2.34. The minimum Gasteiger partial charge on any atom is -0.497 e. The number of ether oxygens (including phenoxy) is 3. The van der Waals surface area contributed by atoms with Gasteiger partial charge in [0.25, 0.3) is 5.91 Å². The highest BCUT2D eigenvalue weighted by atomic mass is 79.9. The molecule has 1 amide bonds. The third-order valence-corrected chi connectivity index (χ3v) is 5.16. The van der Waals surface area contributed by atoms with Gasteiger partial charge in [0.15, 0.2) is 5.11 Å². The number of amides is 1. The van der Waals surface area contributed by atoms with E-state index in [0.29, 0.717) is 35.1 Å². The van der Waals surface area contributed by atoms with E-state index < -0.39 is 0 Å². The molecule has 2 rings (SSSR count). The number of halogens is 1. The van der Waals surface area contributed by atoms with Crippen molar-refractivity contribution in [2.45, 2.75) is 32.6 Å². The Morgan fingerprint density at radius 1 is 1.03 bits per heavy atom. The molecular formula is C22H27BrN2O4S. The summed E-state index contributed by atoms with van der Waals surface area (Å²) >= 11 is 8.74. The van der Waals surface area contributed by atoms with E-state index in [1.54, 1.807) is 50.6 Å². The second kappa shape index (κ2) is 12.4. The van der Waals surface area contributed by atoms with Gasteiger partial charge in [-0.15, -0.1) is 0 Å². The number of hydrogen-bond acceptors (Lipinski definition) is 5. The van der Waals surface area contributed by atoms with Crippen LogP contribution in [0.5, 0.6) is 17.2 Å². The van der Waals surface area contributed by atoms with Crippen molar-refractivity contribution >= 4 is 44.9 Å². The summed E-state index contributed by atoms with van der Waals surface area (Å²) in [5, 5.41) is 5.79. The van der Waals surface area contributed by atoms with Crippen molar-refractivity contribution < 1.29 is 19.0 Å². The maximum Gasteiger partial charge on any atom is 0.257 e. The van der Waals surface area contributed by atoms with E-state index >= 15 is 0 Å². The number of benzene rings is 2. The molecule has 0 radical (unpaired) electrons. The van der Waals surface area contributed by atoms with Crippen LogP contribution in [0.3, 0.4) is 0 Å². The molecule has 0 bridgehead atoms. The predicted octanol–water partition coefficient (Wildman–Crippen LogP) is 5.55. The summed E-state index contributed by atoms with van der Waals surface area (Å²) in [5.41, 5.74) is 1.05. The summed E-state index contributed by atoms with van der Waals surface area (Å²) in [7, 11) is 3.13. The Hall–Kier alpha value is -2.32. The molecule has 2 aromatic rings. The SMILES string of the molecule is CCCCCCOc1ccc(C(=O)NC(=S)Nc2cc(OC)ccc2OC)cc1Br. The Morgan fingerprint density at radius 2 is 1.80 bits per heavy atom. The molecule has 0 saturated heterocycles. The van der Waals surface area contributed by atoms with Gasteiger partial charge in [-0.2, -0.15) is 0 Å². The number of anilines is 1. The zero-order valence-electron chi connectivity index (χ0n) is 17.4. The van der Waals surface area contributed by atoms with Crippen molar-refractivity contribution in [3.05, 3.63) is 46.4 Å². The van der Waals surface area contributed by atoms with Crippen molar-refractivity contribution in [3.63, 3.8) is 0 Å². The number of thiocarbonyl (C=S) groups is 1. The van der Waals surface area contributed by atoms with Crippen LogP contribution in [0.4, 0.5) is 5.69 Å². The maximum absolute atomic E-state index is 12.6. The van der Waals surface area contributed by atoms with Gasteiger partial charge in [0.1, 0.15) is 17.2 Å². The van der Waals surface area contributed by atoms with Gasteiger partial charge < -0.3 is 19.5 Å². The first kappa shape index (κ1) is 24.0. The first-order chi connectivity index (χ1) is 14.5. The third kappa shape index (κ3) is 7.18. The van der Waals surface area contributed by atoms with Crippen LogP contribution in [-0.2, 0) is 0 Å². The average Bonchev–Trinajstić information content (AvgIpc) is 2.74. The number of carbonyl (C=O) groups is 1. The summed E-state index contributed by atoms with van der Waals surface area (Å²) in [5.74, 6) is 1.60. The lowest BCUT2D eigenvalue weighted by atomic mass is 10.2. The fourth-order valence-electron chi connectivity index (χ4n) is 2.71. The first-order valence-electron chi connectivity index (χ1n) is 9.75. The third-order valence-electron chi connectivity index (χ3n) is 4.33. The molecule has 0 aliphatic carbocycles. The Labute approximate surface area is 191 Å². The topological polar surface area (TPSA) is 68.8 Å². The highest BCUT2D eigenvalue weighted by molar-refractivity contribution is 9.10. The monoisotopic (exact) mass is 494 g/mol. The highest BCUT2D eigenvalue weighted by Crippen LogP contribution is 2.29. The number of nitrogens with one attached hydrogen (secondary N) is 2. The van der Waals surface area contributed by atoms with Crippen LogP contribution < -0.4 is 24.8 Å². The zero-order chi connectivity index (χ0) is 21.9. The predicted molar refractivity (Wildman–Crippen MR) is 127 cm³/mol. The Bertz CT molecular complexity index is 876. The molecule has 0 aliphatic rings. The summed E-state index contributed by atoms with van der Waals surface area (Å²) in [6.07, 6.45) is 4.56. The molecule has 0 saturated carbocycles. The smallest absolute Gasteiger partial charge is 0.257 e. The van der Waals surface area contributed by atoms with Crippen LogP contribution in [0.2, 0.25) is 0 Å². The van der Waals surface area contributed by atoms with Crippen molar-refractivity contribution in [3.8, 4) is 17.2 Å². The number of unbranched alkanes of at least 4 members (excludes halogenated alkanes) is 3. The molecular weight excluding hydrogens is 468 g/mol. The molecule has 2 aromatic carbocycles. The normalized spacial score (nSPS) is 10.3. The van der Waals surface area contributed by atoms with Gasteiger partial charge in [-0.25, -0.2) is 0 Å². The lowest BCUT2D eigenvalue weighted by Gasteiger charge is -2.14. The van der Waals surface area contributed by atoms with E-state index in [4.69, 9.17) is 26.4 Å². The van der Waals surface area contributed by atoms with Crippen LogP contribution in [0, 0.1) is 0 Å². The molecule has 0 heterocycles. The quantitative estimate of drug-likeness (QED) is 0.333. The average molecular weight is 495 g/mol. The van der Waals surface area contributed by atoms with Gasteiger partial charge in [-0.1, -0.05) is 26.2 Å². The van der Waals surface area contributed by atoms with Gasteiger partial charge in [0.05, 0.1) is 31.0 Å². The van der Waals surface area contributed by atoms with Crippen LogP contribution in [0.25, 0.3) is 0 Å². The molecule has 6 nitrogen and oxygen atoms in total. The number of rotatable bonds is 10. The van der Waals surface area contributed by atoms with E-state index in [1.807, 2.05) is 0 Å². The largest absolute Gasteiger partial charge is 0.497 e. The molecule has 0 unspecified atom stereocenters. The van der Waals surface area contributed by atoms with Crippen molar-refractivity contribution in [1.29, 1.82) is 0 Å². The van der Waals surface area contributed by atoms with Crippen molar-refractivity contribution in [2.24, 2.45) is 0 Å². The Morgan fingerprint density at radius 3 is 2.47 bits per heavy atom. The number of carbonyl (C=O) groups excluding carboxylic acids is 1. The molecule has 162 valence electrons. The Balaban J connectivity index is 1.95. The van der Waals surface area contributed by atoms with E-state index in [-0.39, 0.29) is 11.0 Å².